The largest absolute Gasteiger partial charge is 0.372 e. The van der Waals surface area contributed by atoms with E-state index in [4.69, 9.17) is 10.5 Å². The Kier molecular flexibility index (Phi) is 7.16. The first-order valence-corrected chi connectivity index (χ1v) is 6.56. The van der Waals surface area contributed by atoms with E-state index in [9.17, 15) is 4.79 Å². The van der Waals surface area contributed by atoms with E-state index >= 15 is 0 Å². The van der Waals surface area contributed by atoms with Crippen LogP contribution in [-0.4, -0.2) is 68.2 Å². The van der Waals surface area contributed by atoms with Crippen LogP contribution in [-0.2, 0) is 9.53 Å². The lowest BCUT2D eigenvalue weighted by atomic mass is 10.3. The number of ether oxygens (including phenoxy) is 1. The minimum absolute atomic E-state index is 0.118. The third kappa shape index (κ3) is 5.48. The van der Waals surface area contributed by atoms with Crippen LogP contribution in [0.15, 0.2) is 0 Å². The molecule has 0 saturated carbocycles. The van der Waals surface area contributed by atoms with Crippen LogP contribution in [0.3, 0.4) is 0 Å². The monoisotopic (exact) mass is 243 g/mol. The molecule has 5 nitrogen and oxygen atoms in total. The van der Waals surface area contributed by atoms with Gasteiger partial charge in [-0.2, -0.15) is 0 Å². The summed E-state index contributed by atoms with van der Waals surface area (Å²) in [5.74, 6) is 0.118. The summed E-state index contributed by atoms with van der Waals surface area (Å²) in [6.45, 7) is 8.21. The first kappa shape index (κ1) is 14.4. The van der Waals surface area contributed by atoms with Crippen molar-refractivity contribution in [1.82, 2.24) is 9.80 Å². The predicted octanol–water partition coefficient (Wildman–Crippen LogP) is -0.0940. The second kappa shape index (κ2) is 8.44. The maximum Gasteiger partial charge on any atom is 0.248 e. The van der Waals surface area contributed by atoms with Gasteiger partial charge in [0.1, 0.15) is 6.61 Å². The van der Waals surface area contributed by atoms with Crippen molar-refractivity contribution in [3.8, 4) is 0 Å². The number of amides is 1. The van der Waals surface area contributed by atoms with Crippen molar-refractivity contribution in [3.05, 3.63) is 0 Å². The fourth-order valence-corrected chi connectivity index (χ4v) is 2.04. The number of hydrogen-bond donors (Lipinski definition) is 1. The van der Waals surface area contributed by atoms with Crippen molar-refractivity contribution in [2.45, 2.75) is 19.8 Å². The Hall–Kier alpha value is -0.650. The number of nitrogens with two attached hydrogens (primary N) is 1. The van der Waals surface area contributed by atoms with E-state index in [0.717, 1.165) is 52.1 Å². The lowest BCUT2D eigenvalue weighted by molar-refractivity contribution is -0.135. The molecule has 0 aliphatic carbocycles. The zero-order valence-electron chi connectivity index (χ0n) is 10.9. The van der Waals surface area contributed by atoms with Gasteiger partial charge in [0.2, 0.25) is 5.91 Å². The molecule has 0 aromatic heterocycles. The molecule has 0 atom stereocenters. The Balaban J connectivity index is 2.28. The van der Waals surface area contributed by atoms with Gasteiger partial charge in [-0.1, -0.05) is 0 Å². The van der Waals surface area contributed by atoms with Crippen molar-refractivity contribution in [2.75, 3.05) is 52.5 Å². The van der Waals surface area contributed by atoms with E-state index in [2.05, 4.69) is 4.90 Å². The molecule has 1 heterocycles. The zero-order chi connectivity index (χ0) is 12.5. The quantitative estimate of drug-likeness (QED) is 0.708. The third-order valence-corrected chi connectivity index (χ3v) is 3.05. The smallest absolute Gasteiger partial charge is 0.248 e. The predicted molar refractivity (Wildman–Crippen MR) is 67.8 cm³/mol. The summed E-state index contributed by atoms with van der Waals surface area (Å²) in [5, 5.41) is 0. The van der Waals surface area contributed by atoms with E-state index in [-0.39, 0.29) is 12.5 Å². The Bertz CT molecular complexity index is 224. The standard InChI is InChI=1S/C12H25N3O2/c1-2-17-11-12(16)15-8-4-7-14(9-10-15)6-3-5-13/h2-11,13H2,1H3. The normalized spacial score (nSPS) is 18.1. The van der Waals surface area contributed by atoms with Gasteiger partial charge in [-0.3, -0.25) is 4.79 Å². The molecular formula is C12H25N3O2. The lowest BCUT2D eigenvalue weighted by Gasteiger charge is -2.21. The van der Waals surface area contributed by atoms with E-state index in [1.54, 1.807) is 0 Å². The number of carbonyl (C=O) groups excluding carboxylic acids is 1. The van der Waals surface area contributed by atoms with E-state index in [1.807, 2.05) is 11.8 Å². The van der Waals surface area contributed by atoms with Gasteiger partial charge >= 0.3 is 0 Å². The van der Waals surface area contributed by atoms with Crippen LogP contribution in [0.25, 0.3) is 0 Å². The summed E-state index contributed by atoms with van der Waals surface area (Å²) in [4.78, 5) is 16.1. The van der Waals surface area contributed by atoms with Crippen molar-refractivity contribution >= 4 is 5.91 Å². The van der Waals surface area contributed by atoms with Crippen LogP contribution >= 0.6 is 0 Å². The van der Waals surface area contributed by atoms with E-state index < -0.39 is 0 Å². The van der Waals surface area contributed by atoms with Crippen molar-refractivity contribution in [3.63, 3.8) is 0 Å². The highest BCUT2D eigenvalue weighted by Crippen LogP contribution is 2.04. The van der Waals surface area contributed by atoms with E-state index in [1.165, 1.54) is 0 Å². The molecule has 1 fully saturated rings. The van der Waals surface area contributed by atoms with Crippen molar-refractivity contribution in [1.29, 1.82) is 0 Å². The summed E-state index contributed by atoms with van der Waals surface area (Å²) in [6.07, 6.45) is 2.08. The Morgan fingerprint density at radius 3 is 2.82 bits per heavy atom. The van der Waals surface area contributed by atoms with E-state index in [0.29, 0.717) is 6.61 Å². The zero-order valence-corrected chi connectivity index (χ0v) is 10.9. The second-order valence-electron chi connectivity index (χ2n) is 4.36. The molecule has 100 valence electrons. The highest BCUT2D eigenvalue weighted by Gasteiger charge is 2.18. The van der Waals surface area contributed by atoms with Crippen molar-refractivity contribution < 1.29 is 9.53 Å². The first-order chi connectivity index (χ1) is 8.27. The Labute approximate surface area is 104 Å². The highest BCUT2D eigenvalue weighted by atomic mass is 16.5. The van der Waals surface area contributed by atoms with Crippen LogP contribution in [0.5, 0.6) is 0 Å². The molecule has 17 heavy (non-hydrogen) atoms. The van der Waals surface area contributed by atoms with Gasteiger partial charge in [0.05, 0.1) is 0 Å². The molecule has 5 heteroatoms. The summed E-state index contributed by atoms with van der Waals surface area (Å²) < 4.78 is 5.16. The minimum atomic E-state index is 0.118. The minimum Gasteiger partial charge on any atom is -0.372 e. The fraction of sp³-hybridized carbons (Fsp3) is 0.917. The molecule has 0 aromatic carbocycles. The summed E-state index contributed by atoms with van der Waals surface area (Å²) in [6, 6.07) is 0. The topological polar surface area (TPSA) is 58.8 Å². The molecule has 1 aliphatic rings. The summed E-state index contributed by atoms with van der Waals surface area (Å²) in [7, 11) is 0. The molecule has 2 N–H and O–H groups in total. The summed E-state index contributed by atoms with van der Waals surface area (Å²) in [5.41, 5.74) is 5.51. The van der Waals surface area contributed by atoms with Crippen molar-refractivity contribution in [2.24, 2.45) is 5.73 Å². The SMILES string of the molecule is CCOCC(=O)N1CCCN(CCCN)CC1. The molecule has 1 rings (SSSR count). The molecular weight excluding hydrogens is 218 g/mol. The summed E-state index contributed by atoms with van der Waals surface area (Å²) >= 11 is 0. The lowest BCUT2D eigenvalue weighted by Crippen LogP contribution is -2.37. The first-order valence-electron chi connectivity index (χ1n) is 6.56. The van der Waals surface area contributed by atoms with Crippen LogP contribution in [0.2, 0.25) is 0 Å². The average Bonchev–Trinajstić information content (AvgIpc) is 2.59. The number of carbonyl (C=O) groups is 1. The van der Waals surface area contributed by atoms with Gasteiger partial charge in [0.15, 0.2) is 0 Å². The van der Waals surface area contributed by atoms with Crippen LogP contribution < -0.4 is 5.73 Å². The maximum absolute atomic E-state index is 11.8. The third-order valence-electron chi connectivity index (χ3n) is 3.05. The molecule has 0 spiro atoms. The molecule has 0 radical (unpaired) electrons. The molecule has 0 bridgehead atoms. The Morgan fingerprint density at radius 1 is 1.29 bits per heavy atom. The number of nitrogens with zero attached hydrogens (tertiary/aromatic N) is 2. The van der Waals surface area contributed by atoms with Crippen LogP contribution in [0.1, 0.15) is 19.8 Å². The van der Waals surface area contributed by atoms with Crippen LogP contribution in [0, 0.1) is 0 Å². The average molecular weight is 243 g/mol. The number of hydrogen-bond acceptors (Lipinski definition) is 4. The van der Waals surface area contributed by atoms with Gasteiger partial charge in [0, 0.05) is 26.2 Å². The van der Waals surface area contributed by atoms with Gasteiger partial charge in [-0.15, -0.1) is 0 Å². The molecule has 1 amide bonds. The molecule has 0 unspecified atom stereocenters. The van der Waals surface area contributed by atoms with Gasteiger partial charge in [-0.05, 0) is 39.4 Å². The van der Waals surface area contributed by atoms with Gasteiger partial charge in [-0.25, -0.2) is 0 Å². The molecule has 0 aromatic rings. The number of rotatable bonds is 6. The Morgan fingerprint density at radius 2 is 2.12 bits per heavy atom. The second-order valence-corrected chi connectivity index (χ2v) is 4.36. The molecule has 1 saturated heterocycles. The van der Waals surface area contributed by atoms with Gasteiger partial charge < -0.3 is 20.3 Å². The maximum atomic E-state index is 11.8. The van der Waals surface area contributed by atoms with Gasteiger partial charge in [0.25, 0.3) is 0 Å². The fourth-order valence-electron chi connectivity index (χ4n) is 2.04. The molecule has 1 aliphatic heterocycles. The van der Waals surface area contributed by atoms with Crippen LogP contribution in [0.4, 0.5) is 0 Å². The highest BCUT2D eigenvalue weighted by molar-refractivity contribution is 5.77.